The number of amides is 3. The number of rotatable bonds is 6. The molecule has 28 heavy (non-hydrogen) atoms. The monoisotopic (exact) mass is 398 g/mol. The van der Waals surface area contributed by atoms with Crippen LogP contribution in [0, 0.1) is 0 Å². The molecule has 0 spiro atoms. The number of hydrogen-bond acceptors (Lipinski definition) is 4. The number of carbonyl (C=O) groups is 3. The maximum absolute atomic E-state index is 13.1. The molecule has 1 aliphatic heterocycles. The van der Waals surface area contributed by atoms with Crippen molar-refractivity contribution in [3.05, 3.63) is 59.1 Å². The first-order valence-electron chi connectivity index (χ1n) is 8.82. The van der Waals surface area contributed by atoms with Gasteiger partial charge in [0.15, 0.2) is 0 Å². The van der Waals surface area contributed by atoms with Gasteiger partial charge in [-0.2, -0.15) is 0 Å². The van der Waals surface area contributed by atoms with E-state index in [1.165, 1.54) is 6.92 Å². The SMILES string of the molecule is CCCOc1ccccc1N1C(=O)C(Cl)=C(c2ccc(NC(C)=O)cc2)C1=O. The summed E-state index contributed by atoms with van der Waals surface area (Å²) in [5.74, 6) is -0.875. The van der Waals surface area contributed by atoms with Gasteiger partial charge in [0.25, 0.3) is 11.8 Å². The molecule has 144 valence electrons. The van der Waals surface area contributed by atoms with E-state index in [4.69, 9.17) is 16.3 Å². The number of carbonyl (C=O) groups excluding carboxylic acids is 3. The third kappa shape index (κ3) is 3.77. The molecule has 2 aromatic carbocycles. The normalized spacial score (nSPS) is 13.9. The van der Waals surface area contributed by atoms with Crippen LogP contribution in [0.15, 0.2) is 53.6 Å². The lowest BCUT2D eigenvalue weighted by Crippen LogP contribution is -2.31. The molecule has 0 saturated carbocycles. The lowest BCUT2D eigenvalue weighted by atomic mass is 10.1. The van der Waals surface area contributed by atoms with E-state index in [0.717, 1.165) is 11.3 Å². The summed E-state index contributed by atoms with van der Waals surface area (Å²) in [6.45, 7) is 3.84. The van der Waals surface area contributed by atoms with Gasteiger partial charge in [-0.15, -0.1) is 0 Å². The third-order valence-electron chi connectivity index (χ3n) is 4.09. The Morgan fingerprint density at radius 1 is 1.07 bits per heavy atom. The van der Waals surface area contributed by atoms with Crippen molar-refractivity contribution >= 4 is 46.3 Å². The molecular formula is C21H19ClN2O4. The Bertz CT molecular complexity index is 967. The number of halogens is 1. The quantitative estimate of drug-likeness (QED) is 0.747. The van der Waals surface area contributed by atoms with E-state index in [1.54, 1.807) is 48.5 Å². The molecule has 0 unspecified atom stereocenters. The van der Waals surface area contributed by atoms with Crippen LogP contribution < -0.4 is 15.0 Å². The van der Waals surface area contributed by atoms with Gasteiger partial charge in [-0.05, 0) is 36.2 Å². The molecule has 6 nitrogen and oxygen atoms in total. The molecule has 0 aliphatic carbocycles. The Balaban J connectivity index is 1.94. The summed E-state index contributed by atoms with van der Waals surface area (Å²) in [4.78, 5) is 38.0. The molecule has 2 aromatic rings. The fourth-order valence-corrected chi connectivity index (χ4v) is 3.15. The first-order valence-corrected chi connectivity index (χ1v) is 9.20. The molecule has 0 bridgehead atoms. The van der Waals surface area contributed by atoms with Crippen molar-refractivity contribution < 1.29 is 19.1 Å². The summed E-state index contributed by atoms with van der Waals surface area (Å²) in [5, 5.41) is 2.50. The molecule has 0 aromatic heterocycles. The van der Waals surface area contributed by atoms with E-state index in [2.05, 4.69) is 5.32 Å². The Hall–Kier alpha value is -3.12. The zero-order valence-corrected chi connectivity index (χ0v) is 16.2. The summed E-state index contributed by atoms with van der Waals surface area (Å²) in [6, 6.07) is 13.4. The highest BCUT2D eigenvalue weighted by molar-refractivity contribution is 6.60. The summed E-state index contributed by atoms with van der Waals surface area (Å²) >= 11 is 6.24. The molecule has 0 fully saturated rings. The van der Waals surface area contributed by atoms with Crippen LogP contribution in [0.4, 0.5) is 11.4 Å². The number of benzene rings is 2. The summed E-state index contributed by atoms with van der Waals surface area (Å²) in [5.41, 5.74) is 1.55. The molecule has 3 amide bonds. The minimum absolute atomic E-state index is 0.117. The number of imide groups is 1. The number of nitrogens with one attached hydrogen (secondary N) is 1. The molecule has 0 radical (unpaired) electrons. The molecule has 1 N–H and O–H groups in total. The number of anilines is 2. The Labute approximate surface area is 167 Å². The van der Waals surface area contributed by atoms with Crippen molar-refractivity contribution in [2.75, 3.05) is 16.8 Å². The van der Waals surface area contributed by atoms with Crippen LogP contribution in [0.5, 0.6) is 5.75 Å². The zero-order valence-electron chi connectivity index (χ0n) is 15.5. The van der Waals surface area contributed by atoms with E-state index < -0.39 is 11.8 Å². The summed E-state index contributed by atoms with van der Waals surface area (Å²) in [7, 11) is 0. The molecule has 1 heterocycles. The largest absolute Gasteiger partial charge is 0.491 e. The smallest absolute Gasteiger partial charge is 0.277 e. The van der Waals surface area contributed by atoms with Gasteiger partial charge < -0.3 is 10.1 Å². The van der Waals surface area contributed by atoms with Gasteiger partial charge in [0.1, 0.15) is 10.8 Å². The third-order valence-corrected chi connectivity index (χ3v) is 4.44. The van der Waals surface area contributed by atoms with Crippen LogP contribution in [0.2, 0.25) is 0 Å². The Morgan fingerprint density at radius 3 is 2.39 bits per heavy atom. The Morgan fingerprint density at radius 2 is 1.75 bits per heavy atom. The fraction of sp³-hybridized carbons (Fsp3) is 0.190. The van der Waals surface area contributed by atoms with Crippen LogP contribution in [0.3, 0.4) is 0 Å². The van der Waals surface area contributed by atoms with Crippen LogP contribution >= 0.6 is 11.6 Å². The molecule has 7 heteroatoms. The Kier molecular flexibility index (Phi) is 5.80. The average molecular weight is 399 g/mol. The molecule has 1 aliphatic rings. The van der Waals surface area contributed by atoms with Crippen molar-refractivity contribution in [3.8, 4) is 5.75 Å². The van der Waals surface area contributed by atoms with E-state index >= 15 is 0 Å². The zero-order chi connectivity index (χ0) is 20.3. The van der Waals surface area contributed by atoms with Crippen molar-refractivity contribution in [2.24, 2.45) is 0 Å². The predicted octanol–water partition coefficient (Wildman–Crippen LogP) is 3.96. The molecular weight excluding hydrogens is 380 g/mol. The maximum Gasteiger partial charge on any atom is 0.277 e. The standard InChI is InChI=1S/C21H19ClN2O4/c1-3-12-28-17-7-5-4-6-16(17)24-20(26)18(19(22)21(24)27)14-8-10-15(11-9-14)23-13(2)25/h4-11H,3,12H2,1-2H3,(H,23,25). The topological polar surface area (TPSA) is 75.7 Å². The van der Waals surface area contributed by atoms with Crippen molar-refractivity contribution in [2.45, 2.75) is 20.3 Å². The van der Waals surface area contributed by atoms with Gasteiger partial charge in [0.2, 0.25) is 5.91 Å². The molecule has 0 saturated heterocycles. The van der Waals surface area contributed by atoms with E-state index in [0.29, 0.717) is 29.3 Å². The summed E-state index contributed by atoms with van der Waals surface area (Å²) < 4.78 is 5.68. The molecule has 3 rings (SSSR count). The highest BCUT2D eigenvalue weighted by Gasteiger charge is 2.40. The van der Waals surface area contributed by atoms with Crippen molar-refractivity contribution in [1.82, 2.24) is 0 Å². The fourth-order valence-electron chi connectivity index (χ4n) is 2.87. The van der Waals surface area contributed by atoms with Crippen molar-refractivity contribution in [1.29, 1.82) is 0 Å². The number of nitrogens with zero attached hydrogens (tertiary/aromatic N) is 1. The first-order chi connectivity index (χ1) is 13.4. The second-order valence-corrected chi connectivity index (χ2v) is 6.59. The van der Waals surface area contributed by atoms with Gasteiger partial charge in [0.05, 0.1) is 17.9 Å². The lowest BCUT2D eigenvalue weighted by molar-refractivity contribution is -0.120. The van der Waals surface area contributed by atoms with Gasteiger partial charge in [-0.3, -0.25) is 14.4 Å². The average Bonchev–Trinajstić information content (AvgIpc) is 2.89. The first kappa shape index (κ1) is 19.6. The summed E-state index contributed by atoms with van der Waals surface area (Å²) in [6.07, 6.45) is 0.793. The van der Waals surface area contributed by atoms with Gasteiger partial charge in [-0.25, -0.2) is 4.90 Å². The van der Waals surface area contributed by atoms with Crippen LogP contribution in [-0.4, -0.2) is 24.3 Å². The maximum atomic E-state index is 13.1. The highest BCUT2D eigenvalue weighted by Crippen LogP contribution is 2.38. The van der Waals surface area contributed by atoms with Gasteiger partial charge in [0, 0.05) is 12.6 Å². The van der Waals surface area contributed by atoms with Crippen LogP contribution in [0.25, 0.3) is 5.57 Å². The number of hydrogen-bond donors (Lipinski definition) is 1. The van der Waals surface area contributed by atoms with Gasteiger partial charge >= 0.3 is 0 Å². The minimum atomic E-state index is -0.597. The second-order valence-electron chi connectivity index (χ2n) is 6.21. The number of ether oxygens (including phenoxy) is 1. The predicted molar refractivity (Wildman–Crippen MR) is 108 cm³/mol. The van der Waals surface area contributed by atoms with Crippen molar-refractivity contribution in [3.63, 3.8) is 0 Å². The van der Waals surface area contributed by atoms with E-state index in [9.17, 15) is 14.4 Å². The number of para-hydroxylation sites is 2. The van der Waals surface area contributed by atoms with Crippen LogP contribution in [-0.2, 0) is 14.4 Å². The lowest BCUT2D eigenvalue weighted by Gasteiger charge is -2.19. The minimum Gasteiger partial charge on any atom is -0.491 e. The highest BCUT2D eigenvalue weighted by atomic mass is 35.5. The molecule has 0 atom stereocenters. The second kappa shape index (κ2) is 8.27. The van der Waals surface area contributed by atoms with Gasteiger partial charge in [-0.1, -0.05) is 42.8 Å². The van der Waals surface area contributed by atoms with E-state index in [1.807, 2.05) is 6.92 Å². The van der Waals surface area contributed by atoms with E-state index in [-0.39, 0.29) is 16.5 Å². The van der Waals surface area contributed by atoms with Crippen LogP contribution in [0.1, 0.15) is 25.8 Å².